The van der Waals surface area contributed by atoms with Crippen molar-refractivity contribution in [1.29, 1.82) is 0 Å². The van der Waals surface area contributed by atoms with Gasteiger partial charge in [-0.3, -0.25) is 9.78 Å². The summed E-state index contributed by atoms with van der Waals surface area (Å²) in [7, 11) is 0. The molecular formula is C14H12N4O. The SMILES string of the molecule is Cc1cccc(C(=O)Cc2ccn3ncnc3c2)n1. The molecule has 0 aromatic carbocycles. The predicted molar refractivity (Wildman–Crippen MR) is 70.0 cm³/mol. The van der Waals surface area contributed by atoms with Gasteiger partial charge in [-0.15, -0.1) is 0 Å². The van der Waals surface area contributed by atoms with E-state index in [1.54, 1.807) is 16.8 Å². The van der Waals surface area contributed by atoms with E-state index in [0.717, 1.165) is 16.9 Å². The summed E-state index contributed by atoms with van der Waals surface area (Å²) in [5.74, 6) is 0.00700. The molecule has 0 unspecified atom stereocenters. The fraction of sp³-hybridized carbons (Fsp3) is 0.143. The summed E-state index contributed by atoms with van der Waals surface area (Å²) in [6.07, 6.45) is 3.61. The van der Waals surface area contributed by atoms with E-state index in [0.29, 0.717) is 12.1 Å². The molecule has 94 valence electrons. The van der Waals surface area contributed by atoms with E-state index in [4.69, 9.17) is 0 Å². The van der Waals surface area contributed by atoms with Crippen LogP contribution in [0.2, 0.25) is 0 Å². The highest BCUT2D eigenvalue weighted by Crippen LogP contribution is 2.08. The molecule has 3 rings (SSSR count). The first-order chi connectivity index (χ1) is 9.22. The number of Topliss-reactive ketones (excluding diaryl/α,β-unsaturated/α-hetero) is 1. The summed E-state index contributed by atoms with van der Waals surface area (Å²) in [6, 6.07) is 9.19. The van der Waals surface area contributed by atoms with E-state index in [1.807, 2.05) is 31.2 Å². The molecule has 0 N–H and O–H groups in total. The van der Waals surface area contributed by atoms with Crippen molar-refractivity contribution in [3.63, 3.8) is 0 Å². The Balaban J connectivity index is 1.86. The smallest absolute Gasteiger partial charge is 0.185 e. The monoisotopic (exact) mass is 252 g/mol. The van der Waals surface area contributed by atoms with Crippen molar-refractivity contribution in [2.24, 2.45) is 0 Å². The Morgan fingerprint density at radius 3 is 3.05 bits per heavy atom. The van der Waals surface area contributed by atoms with Crippen molar-refractivity contribution < 1.29 is 4.79 Å². The average molecular weight is 252 g/mol. The standard InChI is InChI=1S/C14H12N4O/c1-10-3-2-4-12(17-10)13(19)7-11-5-6-18-14(8-11)15-9-16-18/h2-6,8-9H,7H2,1H3. The maximum absolute atomic E-state index is 12.1. The number of fused-ring (bicyclic) bond motifs is 1. The second kappa shape index (κ2) is 4.61. The molecule has 0 fully saturated rings. The van der Waals surface area contributed by atoms with Gasteiger partial charge in [-0.05, 0) is 36.8 Å². The van der Waals surface area contributed by atoms with Crippen molar-refractivity contribution in [2.45, 2.75) is 13.3 Å². The topological polar surface area (TPSA) is 60.2 Å². The van der Waals surface area contributed by atoms with E-state index in [1.165, 1.54) is 6.33 Å². The quantitative estimate of drug-likeness (QED) is 0.667. The van der Waals surface area contributed by atoms with Gasteiger partial charge in [0.1, 0.15) is 12.0 Å². The highest BCUT2D eigenvalue weighted by molar-refractivity contribution is 5.95. The highest BCUT2D eigenvalue weighted by Gasteiger charge is 2.09. The number of carbonyl (C=O) groups excluding carboxylic acids is 1. The van der Waals surface area contributed by atoms with Crippen LogP contribution in [0.4, 0.5) is 0 Å². The Morgan fingerprint density at radius 2 is 2.21 bits per heavy atom. The van der Waals surface area contributed by atoms with E-state index in [-0.39, 0.29) is 5.78 Å². The minimum atomic E-state index is 0.00700. The summed E-state index contributed by atoms with van der Waals surface area (Å²) in [6.45, 7) is 1.87. The number of carbonyl (C=O) groups is 1. The Morgan fingerprint density at radius 1 is 1.32 bits per heavy atom. The largest absolute Gasteiger partial charge is 0.292 e. The Labute approximate surface area is 109 Å². The molecule has 3 aromatic rings. The zero-order valence-electron chi connectivity index (χ0n) is 10.4. The number of hydrogen-bond donors (Lipinski definition) is 0. The number of ketones is 1. The summed E-state index contributed by atoms with van der Waals surface area (Å²) in [5, 5.41) is 4.02. The highest BCUT2D eigenvalue weighted by atomic mass is 16.1. The summed E-state index contributed by atoms with van der Waals surface area (Å²) in [4.78, 5) is 20.5. The summed E-state index contributed by atoms with van der Waals surface area (Å²) in [5.41, 5.74) is 3.00. The van der Waals surface area contributed by atoms with Gasteiger partial charge < -0.3 is 0 Å². The van der Waals surface area contributed by atoms with Crippen molar-refractivity contribution >= 4 is 11.4 Å². The van der Waals surface area contributed by atoms with E-state index in [2.05, 4.69) is 15.1 Å². The maximum Gasteiger partial charge on any atom is 0.185 e. The van der Waals surface area contributed by atoms with Crippen molar-refractivity contribution in [3.8, 4) is 0 Å². The van der Waals surface area contributed by atoms with Crippen molar-refractivity contribution in [2.75, 3.05) is 0 Å². The first-order valence-corrected chi connectivity index (χ1v) is 5.97. The molecule has 3 heterocycles. The average Bonchev–Trinajstić information content (AvgIpc) is 2.86. The van der Waals surface area contributed by atoms with Gasteiger partial charge in [0.05, 0.1) is 0 Å². The van der Waals surface area contributed by atoms with Crippen LogP contribution in [-0.4, -0.2) is 25.4 Å². The second-order valence-corrected chi connectivity index (χ2v) is 4.36. The van der Waals surface area contributed by atoms with E-state index < -0.39 is 0 Å². The number of rotatable bonds is 3. The fourth-order valence-corrected chi connectivity index (χ4v) is 1.94. The van der Waals surface area contributed by atoms with Crippen LogP contribution in [0, 0.1) is 6.92 Å². The number of hydrogen-bond acceptors (Lipinski definition) is 4. The first-order valence-electron chi connectivity index (χ1n) is 5.97. The number of aryl methyl sites for hydroxylation is 1. The maximum atomic E-state index is 12.1. The number of pyridine rings is 2. The summed E-state index contributed by atoms with van der Waals surface area (Å²) >= 11 is 0. The lowest BCUT2D eigenvalue weighted by Crippen LogP contribution is -2.07. The Hall–Kier alpha value is -2.56. The van der Waals surface area contributed by atoms with Crippen LogP contribution < -0.4 is 0 Å². The third-order valence-corrected chi connectivity index (χ3v) is 2.88. The van der Waals surface area contributed by atoms with Gasteiger partial charge in [0.25, 0.3) is 0 Å². The number of aromatic nitrogens is 4. The van der Waals surface area contributed by atoms with Crippen LogP contribution in [0.5, 0.6) is 0 Å². The van der Waals surface area contributed by atoms with Crippen LogP contribution in [0.25, 0.3) is 5.65 Å². The first kappa shape index (κ1) is 11.5. The van der Waals surface area contributed by atoms with Crippen molar-refractivity contribution in [3.05, 3.63) is 59.8 Å². The van der Waals surface area contributed by atoms with Gasteiger partial charge in [-0.2, -0.15) is 5.10 Å². The van der Waals surface area contributed by atoms with Gasteiger partial charge in [0.15, 0.2) is 11.4 Å². The molecule has 0 radical (unpaired) electrons. The molecule has 0 spiro atoms. The van der Waals surface area contributed by atoms with Crippen LogP contribution in [0.15, 0.2) is 42.9 Å². The Kier molecular flexibility index (Phi) is 2.79. The van der Waals surface area contributed by atoms with E-state index >= 15 is 0 Å². The number of nitrogens with zero attached hydrogens (tertiary/aromatic N) is 4. The van der Waals surface area contributed by atoms with Gasteiger partial charge in [-0.1, -0.05) is 6.07 Å². The van der Waals surface area contributed by atoms with Gasteiger partial charge in [-0.25, -0.2) is 9.50 Å². The van der Waals surface area contributed by atoms with E-state index in [9.17, 15) is 4.79 Å². The predicted octanol–water partition coefficient (Wildman–Crippen LogP) is 1.86. The van der Waals surface area contributed by atoms with Crippen molar-refractivity contribution in [1.82, 2.24) is 19.6 Å². The third-order valence-electron chi connectivity index (χ3n) is 2.88. The Bertz CT molecular complexity index is 748. The van der Waals surface area contributed by atoms with Gasteiger partial charge in [0.2, 0.25) is 0 Å². The molecule has 0 aliphatic rings. The lowest BCUT2D eigenvalue weighted by Gasteiger charge is -2.02. The molecule has 0 atom stereocenters. The molecular weight excluding hydrogens is 240 g/mol. The van der Waals surface area contributed by atoms with Crippen LogP contribution in [-0.2, 0) is 6.42 Å². The normalized spacial score (nSPS) is 10.8. The lowest BCUT2D eigenvalue weighted by atomic mass is 10.1. The molecule has 0 amide bonds. The zero-order valence-corrected chi connectivity index (χ0v) is 10.4. The second-order valence-electron chi connectivity index (χ2n) is 4.36. The molecule has 5 nitrogen and oxygen atoms in total. The summed E-state index contributed by atoms with van der Waals surface area (Å²) < 4.78 is 1.67. The van der Waals surface area contributed by atoms with Gasteiger partial charge in [0, 0.05) is 18.3 Å². The third kappa shape index (κ3) is 2.35. The van der Waals surface area contributed by atoms with Crippen LogP contribution >= 0.6 is 0 Å². The molecule has 3 aromatic heterocycles. The van der Waals surface area contributed by atoms with Crippen LogP contribution in [0.1, 0.15) is 21.7 Å². The van der Waals surface area contributed by atoms with Gasteiger partial charge >= 0.3 is 0 Å². The molecule has 0 saturated carbocycles. The molecule has 0 aliphatic heterocycles. The minimum Gasteiger partial charge on any atom is -0.292 e. The zero-order chi connectivity index (χ0) is 13.2. The molecule has 0 bridgehead atoms. The fourth-order valence-electron chi connectivity index (χ4n) is 1.94. The molecule has 0 saturated heterocycles. The molecule has 19 heavy (non-hydrogen) atoms. The minimum absolute atomic E-state index is 0.00700. The van der Waals surface area contributed by atoms with Crippen LogP contribution in [0.3, 0.4) is 0 Å². The molecule has 0 aliphatic carbocycles. The lowest BCUT2D eigenvalue weighted by molar-refractivity contribution is 0.0988. The molecule has 5 heteroatoms.